The van der Waals surface area contributed by atoms with Gasteiger partial charge in [-0.2, -0.15) is 5.10 Å². The number of anilines is 1. The molecule has 0 radical (unpaired) electrons. The van der Waals surface area contributed by atoms with E-state index in [2.05, 4.69) is 15.5 Å². The number of H-pyrrole nitrogens is 1. The number of nitrogens with zero attached hydrogens (tertiary/aromatic N) is 1. The number of amides is 1. The summed E-state index contributed by atoms with van der Waals surface area (Å²) in [6.45, 7) is 2.00. The van der Waals surface area contributed by atoms with Crippen LogP contribution >= 0.6 is 0 Å². The summed E-state index contributed by atoms with van der Waals surface area (Å²) in [5, 5.41) is 9.55. The molecule has 0 saturated carbocycles. The highest BCUT2D eigenvalue weighted by atomic mass is 16.3. The van der Waals surface area contributed by atoms with Crippen LogP contribution in [0.1, 0.15) is 30.6 Å². The first-order valence-electron chi connectivity index (χ1n) is 5.79. The number of aromatic amines is 1. The number of fused-ring (bicyclic) bond motifs is 1. The smallest absolute Gasteiger partial charge is 0.226 e. The van der Waals surface area contributed by atoms with Gasteiger partial charge in [-0.3, -0.25) is 9.89 Å². The molecule has 0 aromatic carbocycles. The second-order valence-corrected chi connectivity index (χ2v) is 4.41. The average Bonchev–Trinajstić information content (AvgIpc) is 2.97. The third-order valence-corrected chi connectivity index (χ3v) is 3.16. The maximum Gasteiger partial charge on any atom is 0.226 e. The van der Waals surface area contributed by atoms with Crippen molar-refractivity contribution >= 4 is 17.8 Å². The van der Waals surface area contributed by atoms with Gasteiger partial charge in [0, 0.05) is 17.9 Å². The predicted octanol–water partition coefficient (Wildman–Crippen LogP) is 2.53. The zero-order valence-electron chi connectivity index (χ0n) is 9.93. The van der Waals surface area contributed by atoms with E-state index in [4.69, 9.17) is 4.42 Å². The Bertz CT molecular complexity index is 596. The van der Waals surface area contributed by atoms with E-state index in [1.54, 1.807) is 12.5 Å². The van der Waals surface area contributed by atoms with Crippen LogP contribution < -0.4 is 5.32 Å². The van der Waals surface area contributed by atoms with Crippen molar-refractivity contribution in [2.45, 2.75) is 19.3 Å². The van der Waals surface area contributed by atoms with Crippen molar-refractivity contribution in [2.24, 2.45) is 0 Å². The van der Waals surface area contributed by atoms with E-state index in [1.807, 2.05) is 25.1 Å². The number of allylic oxidation sites excluding steroid dienone is 1. The molecule has 3 rings (SSSR count). The molecule has 18 heavy (non-hydrogen) atoms. The van der Waals surface area contributed by atoms with Gasteiger partial charge in [0.05, 0.1) is 12.5 Å². The summed E-state index contributed by atoms with van der Waals surface area (Å²) >= 11 is 0. The van der Waals surface area contributed by atoms with Gasteiger partial charge in [-0.25, -0.2) is 0 Å². The van der Waals surface area contributed by atoms with Gasteiger partial charge in [-0.1, -0.05) is 5.57 Å². The van der Waals surface area contributed by atoms with Crippen LogP contribution in [0.25, 0.3) is 6.08 Å². The van der Waals surface area contributed by atoms with Gasteiger partial charge in [0.1, 0.15) is 11.6 Å². The number of carbonyl (C=O) groups excluding carboxylic acids is 1. The Morgan fingerprint density at radius 2 is 2.50 bits per heavy atom. The van der Waals surface area contributed by atoms with Crippen LogP contribution in [-0.4, -0.2) is 16.1 Å². The van der Waals surface area contributed by atoms with Crippen LogP contribution in [0.3, 0.4) is 0 Å². The van der Waals surface area contributed by atoms with Gasteiger partial charge in [-0.05, 0) is 25.1 Å². The van der Waals surface area contributed by atoms with E-state index in [0.29, 0.717) is 12.2 Å². The van der Waals surface area contributed by atoms with Gasteiger partial charge in [-0.15, -0.1) is 0 Å². The molecular formula is C13H13N3O2. The van der Waals surface area contributed by atoms with Crippen LogP contribution in [0, 0.1) is 0 Å². The van der Waals surface area contributed by atoms with E-state index < -0.39 is 0 Å². The largest absolute Gasteiger partial charge is 0.465 e. The highest BCUT2D eigenvalue weighted by Gasteiger charge is 2.27. The molecule has 0 aliphatic carbocycles. The van der Waals surface area contributed by atoms with Crippen molar-refractivity contribution in [3.63, 3.8) is 0 Å². The van der Waals surface area contributed by atoms with Crippen LogP contribution in [0.4, 0.5) is 5.82 Å². The Labute approximate surface area is 104 Å². The number of hydrogen-bond acceptors (Lipinski definition) is 3. The number of aromatic nitrogens is 2. The lowest BCUT2D eigenvalue weighted by atomic mass is 9.87. The van der Waals surface area contributed by atoms with Crippen molar-refractivity contribution < 1.29 is 9.21 Å². The summed E-state index contributed by atoms with van der Waals surface area (Å²) in [5.41, 5.74) is 2.11. The lowest BCUT2D eigenvalue weighted by Crippen LogP contribution is -2.22. The molecule has 2 N–H and O–H groups in total. The molecular weight excluding hydrogens is 230 g/mol. The topological polar surface area (TPSA) is 70.9 Å². The molecule has 5 heteroatoms. The maximum atomic E-state index is 11.6. The number of hydrogen-bond donors (Lipinski definition) is 2. The van der Waals surface area contributed by atoms with Gasteiger partial charge in [0.25, 0.3) is 0 Å². The zero-order valence-corrected chi connectivity index (χ0v) is 9.93. The Kier molecular flexibility index (Phi) is 2.51. The molecule has 5 nitrogen and oxygen atoms in total. The Hall–Kier alpha value is -2.30. The third-order valence-electron chi connectivity index (χ3n) is 3.16. The predicted molar refractivity (Wildman–Crippen MR) is 66.9 cm³/mol. The molecule has 2 aromatic heterocycles. The third kappa shape index (κ3) is 1.84. The number of rotatable bonds is 2. The molecule has 1 unspecified atom stereocenters. The fraction of sp³-hybridized carbons (Fsp3) is 0.231. The quantitative estimate of drug-likeness (QED) is 0.851. The van der Waals surface area contributed by atoms with Crippen LogP contribution in [0.5, 0.6) is 0 Å². The minimum absolute atomic E-state index is 0.00365. The summed E-state index contributed by atoms with van der Waals surface area (Å²) in [4.78, 5) is 11.6. The Balaban J connectivity index is 1.96. The van der Waals surface area contributed by atoms with E-state index >= 15 is 0 Å². The Morgan fingerprint density at radius 1 is 1.61 bits per heavy atom. The van der Waals surface area contributed by atoms with Crippen LogP contribution in [-0.2, 0) is 4.79 Å². The second-order valence-electron chi connectivity index (χ2n) is 4.41. The molecule has 3 heterocycles. The summed E-state index contributed by atoms with van der Waals surface area (Å²) in [6, 6.07) is 3.73. The van der Waals surface area contributed by atoms with Crippen LogP contribution in [0.2, 0.25) is 0 Å². The van der Waals surface area contributed by atoms with Gasteiger partial charge < -0.3 is 9.73 Å². The van der Waals surface area contributed by atoms with Crippen molar-refractivity contribution in [1.82, 2.24) is 10.2 Å². The normalized spacial score (nSPS) is 19.5. The summed E-state index contributed by atoms with van der Waals surface area (Å²) in [7, 11) is 0. The van der Waals surface area contributed by atoms with Gasteiger partial charge in [0.2, 0.25) is 5.91 Å². The summed E-state index contributed by atoms with van der Waals surface area (Å²) < 4.78 is 5.29. The highest BCUT2D eigenvalue weighted by molar-refractivity contribution is 5.94. The first kappa shape index (κ1) is 10.8. The average molecular weight is 243 g/mol. The minimum Gasteiger partial charge on any atom is -0.465 e. The lowest BCUT2D eigenvalue weighted by Gasteiger charge is -2.22. The first-order valence-corrected chi connectivity index (χ1v) is 5.79. The number of furan rings is 1. The SMILES string of the molecule is C/C(=C\c1ccco1)C1CC(=O)Nc2[nH]ncc21. The maximum absolute atomic E-state index is 11.6. The molecule has 92 valence electrons. The monoisotopic (exact) mass is 243 g/mol. The van der Waals surface area contributed by atoms with Crippen molar-refractivity contribution in [3.05, 3.63) is 41.5 Å². The second kappa shape index (κ2) is 4.18. The Morgan fingerprint density at radius 3 is 3.28 bits per heavy atom. The van der Waals surface area contributed by atoms with E-state index in [9.17, 15) is 4.79 Å². The van der Waals surface area contributed by atoms with Crippen molar-refractivity contribution in [3.8, 4) is 0 Å². The van der Waals surface area contributed by atoms with Crippen molar-refractivity contribution in [2.75, 3.05) is 5.32 Å². The molecule has 0 spiro atoms. The molecule has 1 aliphatic heterocycles. The molecule has 2 aromatic rings. The molecule has 1 aliphatic rings. The van der Waals surface area contributed by atoms with Crippen LogP contribution in [0.15, 0.2) is 34.6 Å². The fourth-order valence-electron chi connectivity index (χ4n) is 2.25. The molecule has 1 atom stereocenters. The first-order chi connectivity index (χ1) is 8.74. The van der Waals surface area contributed by atoms with E-state index in [0.717, 1.165) is 16.9 Å². The van der Waals surface area contributed by atoms with Crippen molar-refractivity contribution in [1.29, 1.82) is 0 Å². The highest BCUT2D eigenvalue weighted by Crippen LogP contribution is 2.36. The fourth-order valence-corrected chi connectivity index (χ4v) is 2.25. The van der Waals surface area contributed by atoms with Gasteiger partial charge in [0.15, 0.2) is 0 Å². The van der Waals surface area contributed by atoms with E-state index in [1.165, 1.54) is 0 Å². The minimum atomic E-state index is 0.00365. The molecule has 1 amide bonds. The molecule has 0 bridgehead atoms. The van der Waals surface area contributed by atoms with E-state index in [-0.39, 0.29) is 11.8 Å². The summed E-state index contributed by atoms with van der Waals surface area (Å²) in [6.07, 6.45) is 5.80. The number of carbonyl (C=O) groups is 1. The lowest BCUT2D eigenvalue weighted by molar-refractivity contribution is -0.116. The zero-order chi connectivity index (χ0) is 12.5. The summed E-state index contributed by atoms with van der Waals surface area (Å²) in [5.74, 6) is 1.55. The standard InChI is InChI=1S/C13H13N3O2/c1-8(5-9-3-2-4-18-9)10-6-12(17)15-13-11(10)7-14-16-13/h2-5,7,10H,6H2,1H3,(H2,14,15,16,17)/b8-5+. The molecule has 0 fully saturated rings. The number of nitrogens with one attached hydrogen (secondary N) is 2. The molecule has 0 saturated heterocycles. The van der Waals surface area contributed by atoms with Gasteiger partial charge >= 0.3 is 0 Å².